The Bertz CT molecular complexity index is 1200. The molecule has 1 amide bonds. The van der Waals surface area contributed by atoms with E-state index in [1.54, 1.807) is 18.2 Å². The van der Waals surface area contributed by atoms with Gasteiger partial charge in [0.05, 0.1) is 6.54 Å². The maximum Gasteiger partial charge on any atom is 0.292 e. The summed E-state index contributed by atoms with van der Waals surface area (Å²) in [7, 11) is 0. The number of halogens is 1. The SMILES string of the molecule is Cc1cc(Cl)ccc1OCc1ccc(C(=O)Nc2cc(C)n(Cc3ccccc3)n2)o1. The average Bonchev–Trinajstić information content (AvgIpc) is 3.35. The van der Waals surface area contributed by atoms with Crippen LogP contribution in [0.4, 0.5) is 5.82 Å². The highest BCUT2D eigenvalue weighted by atomic mass is 35.5. The second kappa shape index (κ2) is 9.10. The second-order valence-corrected chi connectivity index (χ2v) is 7.67. The number of aryl methyl sites for hydroxylation is 2. The van der Waals surface area contributed by atoms with Crippen LogP contribution >= 0.6 is 11.6 Å². The molecule has 2 aromatic heterocycles. The van der Waals surface area contributed by atoms with Gasteiger partial charge in [0.1, 0.15) is 18.1 Å². The number of nitrogens with one attached hydrogen (secondary N) is 1. The molecule has 4 aromatic rings. The van der Waals surface area contributed by atoms with Gasteiger partial charge in [-0.15, -0.1) is 0 Å². The first-order valence-corrected chi connectivity index (χ1v) is 10.2. The zero-order valence-corrected chi connectivity index (χ0v) is 18.0. The molecular formula is C24H22ClN3O3. The molecule has 2 aromatic carbocycles. The molecule has 6 nitrogen and oxygen atoms in total. The largest absolute Gasteiger partial charge is 0.485 e. The van der Waals surface area contributed by atoms with Crippen molar-refractivity contribution in [2.45, 2.75) is 27.0 Å². The lowest BCUT2D eigenvalue weighted by atomic mass is 10.2. The van der Waals surface area contributed by atoms with Crippen LogP contribution in [0.2, 0.25) is 5.02 Å². The first-order valence-electron chi connectivity index (χ1n) is 9.85. The van der Waals surface area contributed by atoms with Crippen LogP contribution in [0.1, 0.15) is 33.1 Å². The molecule has 0 atom stereocenters. The van der Waals surface area contributed by atoms with E-state index in [1.165, 1.54) is 0 Å². The van der Waals surface area contributed by atoms with E-state index in [0.29, 0.717) is 28.9 Å². The number of rotatable bonds is 7. The standard InChI is InChI=1S/C24H22ClN3O3/c1-16-12-19(25)8-10-21(16)30-15-20-9-11-22(31-20)24(29)26-23-13-17(2)28(27-23)14-18-6-4-3-5-7-18/h3-13H,14-15H2,1-2H3,(H,26,27,29). The number of hydrogen-bond acceptors (Lipinski definition) is 4. The van der Waals surface area contributed by atoms with Crippen LogP contribution in [0.3, 0.4) is 0 Å². The molecule has 7 heteroatoms. The van der Waals surface area contributed by atoms with Crippen LogP contribution in [0.5, 0.6) is 5.75 Å². The molecule has 31 heavy (non-hydrogen) atoms. The number of ether oxygens (including phenoxy) is 1. The first kappa shape index (κ1) is 20.8. The summed E-state index contributed by atoms with van der Waals surface area (Å²) in [5.74, 6) is 1.57. The molecule has 0 bridgehead atoms. The molecule has 0 fully saturated rings. The van der Waals surface area contributed by atoms with Crippen molar-refractivity contribution in [1.29, 1.82) is 0 Å². The van der Waals surface area contributed by atoms with Gasteiger partial charge >= 0.3 is 0 Å². The van der Waals surface area contributed by atoms with Gasteiger partial charge < -0.3 is 14.5 Å². The predicted octanol–water partition coefficient (Wildman–Crippen LogP) is 5.63. The van der Waals surface area contributed by atoms with E-state index < -0.39 is 0 Å². The molecule has 0 saturated heterocycles. The fraction of sp³-hybridized carbons (Fsp3) is 0.167. The number of carbonyl (C=O) groups is 1. The number of hydrogen-bond donors (Lipinski definition) is 1. The molecule has 0 spiro atoms. The molecule has 0 aliphatic heterocycles. The normalized spacial score (nSPS) is 10.8. The third kappa shape index (κ3) is 5.16. The van der Waals surface area contributed by atoms with Crippen molar-refractivity contribution in [3.8, 4) is 5.75 Å². The summed E-state index contributed by atoms with van der Waals surface area (Å²) < 4.78 is 13.3. The third-order valence-corrected chi connectivity index (χ3v) is 5.03. The van der Waals surface area contributed by atoms with Gasteiger partial charge in [-0.25, -0.2) is 0 Å². The molecule has 0 unspecified atom stereocenters. The van der Waals surface area contributed by atoms with E-state index in [1.807, 2.05) is 67.1 Å². The van der Waals surface area contributed by atoms with E-state index in [2.05, 4.69) is 10.4 Å². The summed E-state index contributed by atoms with van der Waals surface area (Å²) >= 11 is 5.97. The van der Waals surface area contributed by atoms with Gasteiger partial charge in [-0.1, -0.05) is 41.9 Å². The molecule has 4 rings (SSSR count). The molecular weight excluding hydrogens is 414 g/mol. The van der Waals surface area contributed by atoms with Crippen molar-refractivity contribution >= 4 is 23.3 Å². The lowest BCUT2D eigenvalue weighted by Crippen LogP contribution is -2.12. The zero-order valence-electron chi connectivity index (χ0n) is 17.3. The van der Waals surface area contributed by atoms with Crippen LogP contribution < -0.4 is 10.1 Å². The third-order valence-electron chi connectivity index (χ3n) is 4.79. The fourth-order valence-corrected chi connectivity index (χ4v) is 3.39. The lowest BCUT2D eigenvalue weighted by Gasteiger charge is -2.07. The van der Waals surface area contributed by atoms with E-state index in [-0.39, 0.29) is 18.3 Å². The minimum absolute atomic E-state index is 0.196. The van der Waals surface area contributed by atoms with Crippen molar-refractivity contribution < 1.29 is 13.9 Å². The van der Waals surface area contributed by atoms with Crippen molar-refractivity contribution in [1.82, 2.24) is 9.78 Å². The van der Waals surface area contributed by atoms with E-state index >= 15 is 0 Å². The number of anilines is 1. The highest BCUT2D eigenvalue weighted by Gasteiger charge is 2.15. The minimum atomic E-state index is -0.363. The summed E-state index contributed by atoms with van der Waals surface area (Å²) in [5, 5.41) is 7.92. The number of benzene rings is 2. The molecule has 0 aliphatic carbocycles. The number of nitrogens with zero attached hydrogens (tertiary/aromatic N) is 2. The minimum Gasteiger partial charge on any atom is -0.485 e. The maximum absolute atomic E-state index is 12.6. The Morgan fingerprint density at radius 1 is 1.10 bits per heavy atom. The summed E-state index contributed by atoms with van der Waals surface area (Å²) in [4.78, 5) is 12.6. The van der Waals surface area contributed by atoms with Gasteiger partial charge in [0, 0.05) is 16.8 Å². The Labute approximate surface area is 185 Å². The lowest BCUT2D eigenvalue weighted by molar-refractivity contribution is 0.0992. The maximum atomic E-state index is 12.6. The zero-order chi connectivity index (χ0) is 21.8. The van der Waals surface area contributed by atoms with Crippen LogP contribution in [0.15, 0.2) is 71.1 Å². The predicted molar refractivity (Wildman–Crippen MR) is 120 cm³/mol. The Morgan fingerprint density at radius 3 is 2.68 bits per heavy atom. The fourth-order valence-electron chi connectivity index (χ4n) is 3.17. The molecule has 1 N–H and O–H groups in total. The van der Waals surface area contributed by atoms with Crippen LogP contribution in [0, 0.1) is 13.8 Å². The van der Waals surface area contributed by atoms with E-state index in [0.717, 1.165) is 16.8 Å². The highest BCUT2D eigenvalue weighted by Crippen LogP contribution is 2.23. The van der Waals surface area contributed by atoms with E-state index in [4.69, 9.17) is 20.8 Å². The monoisotopic (exact) mass is 435 g/mol. The smallest absolute Gasteiger partial charge is 0.292 e. The summed E-state index contributed by atoms with van der Waals surface area (Å²) in [6.07, 6.45) is 0. The average molecular weight is 436 g/mol. The number of amides is 1. The Hall–Kier alpha value is -3.51. The molecule has 0 saturated carbocycles. The summed E-state index contributed by atoms with van der Waals surface area (Å²) in [6, 6.07) is 20.6. The van der Waals surface area contributed by atoms with Crippen LogP contribution in [-0.4, -0.2) is 15.7 Å². The number of furan rings is 1. The molecule has 158 valence electrons. The van der Waals surface area contributed by atoms with Crippen LogP contribution in [-0.2, 0) is 13.2 Å². The van der Waals surface area contributed by atoms with Crippen molar-refractivity contribution in [2.24, 2.45) is 0 Å². The topological polar surface area (TPSA) is 69.3 Å². The molecule has 2 heterocycles. The highest BCUT2D eigenvalue weighted by molar-refractivity contribution is 6.30. The second-order valence-electron chi connectivity index (χ2n) is 7.23. The van der Waals surface area contributed by atoms with Gasteiger partial charge in [0.25, 0.3) is 5.91 Å². The summed E-state index contributed by atoms with van der Waals surface area (Å²) in [5.41, 5.74) is 3.02. The number of carbonyl (C=O) groups excluding carboxylic acids is 1. The van der Waals surface area contributed by atoms with Crippen LogP contribution in [0.25, 0.3) is 0 Å². The molecule has 0 radical (unpaired) electrons. The van der Waals surface area contributed by atoms with Gasteiger partial charge in [-0.3, -0.25) is 9.48 Å². The Balaban J connectivity index is 1.37. The van der Waals surface area contributed by atoms with Crippen molar-refractivity contribution in [2.75, 3.05) is 5.32 Å². The summed E-state index contributed by atoms with van der Waals surface area (Å²) in [6.45, 7) is 4.71. The number of aromatic nitrogens is 2. The van der Waals surface area contributed by atoms with Gasteiger partial charge in [0.2, 0.25) is 0 Å². The first-order chi connectivity index (χ1) is 15.0. The Morgan fingerprint density at radius 2 is 1.90 bits per heavy atom. The molecule has 0 aliphatic rings. The van der Waals surface area contributed by atoms with Crippen molar-refractivity contribution in [3.63, 3.8) is 0 Å². The van der Waals surface area contributed by atoms with E-state index in [9.17, 15) is 4.79 Å². The van der Waals surface area contributed by atoms with Crippen molar-refractivity contribution in [3.05, 3.63) is 100 Å². The van der Waals surface area contributed by atoms with Gasteiger partial charge in [0.15, 0.2) is 11.6 Å². The van der Waals surface area contributed by atoms with Gasteiger partial charge in [-0.2, -0.15) is 5.10 Å². The van der Waals surface area contributed by atoms with Gasteiger partial charge in [-0.05, 0) is 55.3 Å². The quantitative estimate of drug-likeness (QED) is 0.408. The Kier molecular flexibility index (Phi) is 6.09.